The molecule has 1 aliphatic rings. The Kier molecular flexibility index (Phi) is 3.06. The van der Waals surface area contributed by atoms with Gasteiger partial charge in [0.2, 0.25) is 0 Å². The van der Waals surface area contributed by atoms with E-state index in [0.29, 0.717) is 6.42 Å². The van der Waals surface area contributed by atoms with Crippen molar-refractivity contribution in [3.05, 3.63) is 12.2 Å². The molecule has 0 saturated heterocycles. The molecule has 0 bridgehead atoms. The number of esters is 1. The zero-order valence-corrected chi connectivity index (χ0v) is 8.07. The average molecular weight is 186 g/mol. The Hall–Kier alpha value is -0.870. The summed E-state index contributed by atoms with van der Waals surface area (Å²) in [7, 11) is 2.87. The second kappa shape index (κ2) is 3.89. The van der Waals surface area contributed by atoms with Crippen molar-refractivity contribution in [3.8, 4) is 0 Å². The van der Waals surface area contributed by atoms with E-state index in [1.54, 1.807) is 13.0 Å². The lowest BCUT2D eigenvalue weighted by Crippen LogP contribution is -2.44. The van der Waals surface area contributed by atoms with Crippen molar-refractivity contribution < 1.29 is 19.0 Å². The van der Waals surface area contributed by atoms with Gasteiger partial charge in [0.1, 0.15) is 0 Å². The summed E-state index contributed by atoms with van der Waals surface area (Å²) < 4.78 is 15.0. The van der Waals surface area contributed by atoms with Gasteiger partial charge < -0.3 is 14.2 Å². The topological polar surface area (TPSA) is 44.8 Å². The van der Waals surface area contributed by atoms with Crippen LogP contribution < -0.4 is 0 Å². The third-order valence-electron chi connectivity index (χ3n) is 2.03. The van der Waals surface area contributed by atoms with Crippen LogP contribution in [0.15, 0.2) is 12.2 Å². The summed E-state index contributed by atoms with van der Waals surface area (Å²) in [5, 5.41) is 0. The van der Waals surface area contributed by atoms with Crippen LogP contribution in [0.1, 0.15) is 13.3 Å². The number of carbonyl (C=O) groups excluding carboxylic acids is 1. The highest BCUT2D eigenvalue weighted by molar-refractivity contribution is 5.79. The fraction of sp³-hybridized carbons (Fsp3) is 0.667. The van der Waals surface area contributed by atoms with Crippen molar-refractivity contribution >= 4 is 5.97 Å². The highest BCUT2D eigenvalue weighted by Gasteiger charge is 2.38. The molecule has 4 heteroatoms. The summed E-state index contributed by atoms with van der Waals surface area (Å²) >= 11 is 0. The van der Waals surface area contributed by atoms with E-state index in [1.165, 1.54) is 14.2 Å². The minimum atomic E-state index is -0.913. The molecule has 0 N–H and O–H groups in total. The van der Waals surface area contributed by atoms with E-state index in [0.717, 1.165) is 0 Å². The number of rotatable bonds is 2. The van der Waals surface area contributed by atoms with Crippen LogP contribution in [0.25, 0.3) is 0 Å². The Morgan fingerprint density at radius 2 is 2.31 bits per heavy atom. The van der Waals surface area contributed by atoms with Crippen LogP contribution in [0.2, 0.25) is 0 Å². The molecule has 1 heterocycles. The third kappa shape index (κ3) is 2.08. The largest absolute Gasteiger partial charge is 0.467 e. The van der Waals surface area contributed by atoms with E-state index >= 15 is 0 Å². The fourth-order valence-corrected chi connectivity index (χ4v) is 1.22. The highest BCUT2D eigenvalue weighted by atomic mass is 16.7. The number of hydrogen-bond acceptors (Lipinski definition) is 4. The molecular weight excluding hydrogens is 172 g/mol. The molecular formula is C9H14O4. The Balaban J connectivity index is 2.71. The zero-order valence-electron chi connectivity index (χ0n) is 8.07. The zero-order chi connectivity index (χ0) is 9.90. The maximum absolute atomic E-state index is 11.3. The average Bonchev–Trinajstić information content (AvgIpc) is 2.16. The molecule has 1 aliphatic heterocycles. The Morgan fingerprint density at radius 3 is 2.85 bits per heavy atom. The van der Waals surface area contributed by atoms with Gasteiger partial charge in [0.25, 0.3) is 0 Å². The van der Waals surface area contributed by atoms with Crippen molar-refractivity contribution in [2.24, 2.45) is 0 Å². The van der Waals surface area contributed by atoms with Crippen molar-refractivity contribution in [1.82, 2.24) is 0 Å². The number of hydrogen-bond donors (Lipinski definition) is 0. The second-order valence-corrected chi connectivity index (χ2v) is 3.08. The lowest BCUT2D eigenvalue weighted by Gasteiger charge is -2.31. The number of methoxy groups -OCH3 is 2. The normalized spacial score (nSPS) is 33.0. The van der Waals surface area contributed by atoms with Crippen LogP contribution in [0.4, 0.5) is 0 Å². The molecule has 1 unspecified atom stereocenters. The lowest BCUT2D eigenvalue weighted by atomic mass is 10.00. The van der Waals surface area contributed by atoms with E-state index in [2.05, 4.69) is 4.74 Å². The Bertz CT molecular complexity index is 224. The van der Waals surface area contributed by atoms with Gasteiger partial charge in [0.05, 0.1) is 7.11 Å². The van der Waals surface area contributed by atoms with Gasteiger partial charge in [-0.2, -0.15) is 0 Å². The van der Waals surface area contributed by atoms with Crippen LogP contribution in [0.3, 0.4) is 0 Å². The van der Waals surface area contributed by atoms with Gasteiger partial charge in [-0.3, -0.25) is 0 Å². The van der Waals surface area contributed by atoms with Crippen molar-refractivity contribution in [1.29, 1.82) is 0 Å². The van der Waals surface area contributed by atoms with Crippen molar-refractivity contribution in [2.75, 3.05) is 14.2 Å². The summed E-state index contributed by atoms with van der Waals surface area (Å²) in [4.78, 5) is 11.3. The van der Waals surface area contributed by atoms with Crippen LogP contribution in [0, 0.1) is 0 Å². The summed E-state index contributed by atoms with van der Waals surface area (Å²) in [6, 6.07) is 0. The van der Waals surface area contributed by atoms with Gasteiger partial charge in [0.15, 0.2) is 11.9 Å². The van der Waals surface area contributed by atoms with Crippen molar-refractivity contribution in [3.63, 3.8) is 0 Å². The SMILES string of the molecule is COC(=O)C1(C)CC=C[C@H](OC)O1. The quantitative estimate of drug-likeness (QED) is 0.474. The predicted octanol–water partition coefficient (Wildman–Crippen LogP) is 0.867. The van der Waals surface area contributed by atoms with Gasteiger partial charge in [-0.15, -0.1) is 0 Å². The Labute approximate surface area is 77.5 Å². The molecule has 0 fully saturated rings. The van der Waals surface area contributed by atoms with Crippen LogP contribution in [0.5, 0.6) is 0 Å². The van der Waals surface area contributed by atoms with E-state index < -0.39 is 11.9 Å². The van der Waals surface area contributed by atoms with Gasteiger partial charge in [0, 0.05) is 13.5 Å². The molecule has 13 heavy (non-hydrogen) atoms. The molecule has 0 radical (unpaired) electrons. The van der Waals surface area contributed by atoms with Crippen LogP contribution in [-0.4, -0.2) is 32.1 Å². The monoisotopic (exact) mass is 186 g/mol. The first kappa shape index (κ1) is 10.2. The summed E-state index contributed by atoms with van der Waals surface area (Å²) in [6.45, 7) is 1.69. The summed E-state index contributed by atoms with van der Waals surface area (Å²) in [6.07, 6.45) is 3.68. The molecule has 4 nitrogen and oxygen atoms in total. The number of ether oxygens (including phenoxy) is 3. The second-order valence-electron chi connectivity index (χ2n) is 3.08. The molecule has 0 aromatic heterocycles. The molecule has 0 amide bonds. The van der Waals surface area contributed by atoms with Crippen LogP contribution in [-0.2, 0) is 19.0 Å². The Morgan fingerprint density at radius 1 is 1.62 bits per heavy atom. The fourth-order valence-electron chi connectivity index (χ4n) is 1.22. The highest BCUT2D eigenvalue weighted by Crippen LogP contribution is 2.25. The molecule has 1 rings (SSSR count). The molecule has 2 atom stereocenters. The smallest absolute Gasteiger partial charge is 0.338 e. The first-order valence-corrected chi connectivity index (χ1v) is 4.08. The van der Waals surface area contributed by atoms with Gasteiger partial charge >= 0.3 is 5.97 Å². The summed E-state index contributed by atoms with van der Waals surface area (Å²) in [5.74, 6) is -0.376. The van der Waals surface area contributed by atoms with Gasteiger partial charge in [-0.25, -0.2) is 4.79 Å². The molecule has 0 aromatic carbocycles. The first-order chi connectivity index (χ1) is 6.12. The van der Waals surface area contributed by atoms with E-state index in [9.17, 15) is 4.79 Å². The van der Waals surface area contributed by atoms with Gasteiger partial charge in [-0.1, -0.05) is 6.08 Å². The minimum Gasteiger partial charge on any atom is -0.467 e. The lowest BCUT2D eigenvalue weighted by molar-refractivity contribution is -0.201. The first-order valence-electron chi connectivity index (χ1n) is 4.08. The van der Waals surface area contributed by atoms with Gasteiger partial charge in [-0.05, 0) is 13.0 Å². The minimum absolute atomic E-state index is 0.376. The molecule has 0 aromatic rings. The molecule has 74 valence electrons. The third-order valence-corrected chi connectivity index (χ3v) is 2.03. The molecule has 0 aliphatic carbocycles. The number of carbonyl (C=O) groups is 1. The maximum atomic E-state index is 11.3. The van der Waals surface area contributed by atoms with E-state index in [1.807, 2.05) is 6.08 Å². The summed E-state index contributed by atoms with van der Waals surface area (Å²) in [5.41, 5.74) is -0.913. The molecule has 0 spiro atoms. The van der Waals surface area contributed by atoms with E-state index in [-0.39, 0.29) is 5.97 Å². The standard InChI is InChI=1S/C9H14O4/c1-9(8(10)12-3)6-4-5-7(11-2)13-9/h4-5,7H,6H2,1-3H3/t7-,9?/m1/s1. The van der Waals surface area contributed by atoms with Crippen molar-refractivity contribution in [2.45, 2.75) is 25.2 Å². The predicted molar refractivity (Wildman–Crippen MR) is 46.1 cm³/mol. The van der Waals surface area contributed by atoms with Crippen LogP contribution >= 0.6 is 0 Å². The molecule has 0 saturated carbocycles. The maximum Gasteiger partial charge on any atom is 0.338 e. The van der Waals surface area contributed by atoms with E-state index in [4.69, 9.17) is 9.47 Å².